The van der Waals surface area contributed by atoms with Gasteiger partial charge in [0, 0.05) is 28.6 Å². The second-order valence-corrected chi connectivity index (χ2v) is 18.4. The van der Waals surface area contributed by atoms with E-state index in [0.29, 0.717) is 34.4 Å². The highest BCUT2D eigenvalue weighted by molar-refractivity contribution is 7.90. The fourth-order valence-electron chi connectivity index (χ4n) is 6.83. The maximum atomic E-state index is 14.5. The number of sulfonamides is 1. The number of carbonyl (C=O) groups excluding carboxylic acids is 4. The largest absolute Gasteiger partial charge is 0.494 e. The van der Waals surface area contributed by atoms with Gasteiger partial charge in [-0.15, -0.1) is 6.58 Å². The number of nitrogens with zero attached hydrogens (tertiary/aromatic N) is 2. The van der Waals surface area contributed by atoms with Gasteiger partial charge in [-0.05, 0) is 69.6 Å². The lowest BCUT2D eigenvalue weighted by atomic mass is 9.77. The molecular weight excluding hydrogens is 698 g/mol. The van der Waals surface area contributed by atoms with Crippen molar-refractivity contribution in [2.45, 2.75) is 103 Å². The summed E-state index contributed by atoms with van der Waals surface area (Å²) in [7, 11) is -2.34. The molecule has 3 aliphatic rings. The molecular formula is C37H48ClN3O9S. The van der Waals surface area contributed by atoms with Crippen molar-refractivity contribution in [2.24, 2.45) is 22.7 Å². The molecule has 2 saturated carbocycles. The van der Waals surface area contributed by atoms with Crippen LogP contribution in [0, 0.1) is 22.7 Å². The summed E-state index contributed by atoms with van der Waals surface area (Å²) in [6, 6.07) is 4.16. The second-order valence-electron chi connectivity index (χ2n) is 16.0. The molecule has 0 bridgehead atoms. The van der Waals surface area contributed by atoms with Crippen LogP contribution < -0.4 is 14.2 Å². The van der Waals surface area contributed by atoms with Gasteiger partial charge < -0.3 is 19.1 Å². The number of Topliss-reactive ketones (excluding diaryl/α,β-unsaturated/α-hetero) is 1. The molecule has 3 fully saturated rings. The first-order valence-corrected chi connectivity index (χ1v) is 19.1. The molecule has 5 atom stereocenters. The quantitative estimate of drug-likeness (QED) is 0.208. The molecule has 1 unspecified atom stereocenters. The molecule has 1 saturated heterocycles. The Morgan fingerprint density at radius 2 is 1.82 bits per heavy atom. The molecule has 1 N–H and O–H groups in total. The number of rotatable bonds is 13. The van der Waals surface area contributed by atoms with Gasteiger partial charge in [0.2, 0.25) is 27.7 Å². The topological polar surface area (TPSA) is 158 Å². The first-order chi connectivity index (χ1) is 23.7. The van der Waals surface area contributed by atoms with Gasteiger partial charge in [0.25, 0.3) is 0 Å². The summed E-state index contributed by atoms with van der Waals surface area (Å²) in [5.41, 5.74) is -2.77. The number of hydrogen-bond donors (Lipinski definition) is 1. The third-order valence-electron chi connectivity index (χ3n) is 9.88. The van der Waals surface area contributed by atoms with Crippen molar-refractivity contribution >= 4 is 56.0 Å². The molecule has 5 rings (SSSR count). The predicted molar refractivity (Wildman–Crippen MR) is 192 cm³/mol. The highest BCUT2D eigenvalue weighted by Gasteiger charge is 2.61. The molecule has 2 aromatic rings. The van der Waals surface area contributed by atoms with Gasteiger partial charge in [-0.3, -0.25) is 23.9 Å². The van der Waals surface area contributed by atoms with Crippen molar-refractivity contribution < 1.29 is 41.8 Å². The van der Waals surface area contributed by atoms with Gasteiger partial charge in [0.15, 0.2) is 5.78 Å². The van der Waals surface area contributed by atoms with Crippen molar-refractivity contribution in [2.75, 3.05) is 13.7 Å². The number of likely N-dealkylation sites (tertiary alicyclic amines) is 1. The van der Waals surface area contributed by atoms with Crippen molar-refractivity contribution in [1.29, 1.82) is 0 Å². The van der Waals surface area contributed by atoms with E-state index in [9.17, 15) is 27.6 Å². The van der Waals surface area contributed by atoms with Gasteiger partial charge in [0.05, 0.1) is 48.9 Å². The highest BCUT2D eigenvalue weighted by Crippen LogP contribution is 2.57. The standard InChI is InChI=1S/C37H48ClN3O9S/c1-9-21-17-37(21,34(45)40-51(46,47)24-11-12-24)18-29(42)28-15-23(49-32-26-14-22(38)10-13-25(26)30(48-8)19-39-32)20-41(28)33(44)27(35(2,3)4)16-31(43)50-36(5,6)7/h9-10,13-14,19,21,23-24,27-28H,1,11-12,15-18,20H2,2-8H3,(H,40,45)/t21-,23-,27-,28?,37-/m1/s1. The zero-order chi connectivity index (χ0) is 37.7. The summed E-state index contributed by atoms with van der Waals surface area (Å²) in [6.07, 6.45) is 3.12. The van der Waals surface area contributed by atoms with E-state index in [2.05, 4.69) is 16.3 Å². The molecule has 0 radical (unpaired) electrons. The monoisotopic (exact) mass is 745 g/mol. The number of carbonyl (C=O) groups is 4. The van der Waals surface area contributed by atoms with Crippen LogP contribution in [-0.2, 0) is 33.9 Å². The van der Waals surface area contributed by atoms with Crippen molar-refractivity contribution in [3.05, 3.63) is 42.1 Å². The van der Waals surface area contributed by atoms with Crippen molar-refractivity contribution in [3.8, 4) is 11.6 Å². The van der Waals surface area contributed by atoms with E-state index in [4.69, 9.17) is 25.8 Å². The van der Waals surface area contributed by atoms with Crippen LogP contribution in [0.3, 0.4) is 0 Å². The lowest BCUT2D eigenvalue weighted by molar-refractivity contribution is -0.161. The SMILES string of the molecule is C=C[C@@H]1C[C@]1(CC(=O)C1C[C@@H](Oc2ncc(OC)c3ccc(Cl)cc23)CN1C(=O)[C@@H](CC(=O)OC(C)(C)C)C(C)(C)C)C(=O)NS(=O)(=O)C1CC1. The van der Waals surface area contributed by atoms with Crippen LogP contribution >= 0.6 is 11.6 Å². The minimum Gasteiger partial charge on any atom is -0.494 e. The number of nitrogens with one attached hydrogen (secondary N) is 1. The number of ketones is 1. The van der Waals surface area contributed by atoms with E-state index < -0.39 is 79.3 Å². The maximum Gasteiger partial charge on any atom is 0.307 e. The number of allylic oxidation sites excluding steroid dienone is 1. The minimum atomic E-state index is -3.86. The van der Waals surface area contributed by atoms with Gasteiger partial charge in [-0.25, -0.2) is 13.4 Å². The summed E-state index contributed by atoms with van der Waals surface area (Å²) in [6.45, 7) is 14.6. The molecule has 1 aliphatic heterocycles. The lowest BCUT2D eigenvalue weighted by Gasteiger charge is -2.35. The first kappa shape index (κ1) is 38.5. The maximum absolute atomic E-state index is 14.5. The first-order valence-electron chi connectivity index (χ1n) is 17.2. The summed E-state index contributed by atoms with van der Waals surface area (Å²) in [5, 5.41) is 1.11. The molecule has 0 spiro atoms. The highest BCUT2D eigenvalue weighted by atomic mass is 35.5. The molecule has 1 aromatic heterocycles. The number of fused-ring (bicyclic) bond motifs is 1. The third-order valence-corrected chi connectivity index (χ3v) is 11.9. The molecule has 278 valence electrons. The summed E-state index contributed by atoms with van der Waals surface area (Å²) < 4.78 is 45.1. The van der Waals surface area contributed by atoms with E-state index in [0.717, 1.165) is 0 Å². The van der Waals surface area contributed by atoms with Crippen LogP contribution in [0.15, 0.2) is 37.1 Å². The minimum absolute atomic E-state index is 0.00789. The number of methoxy groups -OCH3 is 1. The van der Waals surface area contributed by atoms with Crippen molar-refractivity contribution in [3.63, 3.8) is 0 Å². The number of benzene rings is 1. The molecule has 12 nitrogen and oxygen atoms in total. The summed E-state index contributed by atoms with van der Waals surface area (Å²) in [5.74, 6) is -2.66. The average molecular weight is 746 g/mol. The van der Waals surface area contributed by atoms with Crippen LogP contribution in [0.4, 0.5) is 0 Å². The van der Waals surface area contributed by atoms with E-state index >= 15 is 0 Å². The Hall–Kier alpha value is -3.71. The number of aromatic nitrogens is 1. The normalized spacial score (nSPS) is 24.1. The Bertz CT molecular complexity index is 1850. The van der Waals surface area contributed by atoms with Crippen molar-refractivity contribution in [1.82, 2.24) is 14.6 Å². The molecule has 51 heavy (non-hydrogen) atoms. The van der Waals surface area contributed by atoms with Crippen LogP contribution in [0.5, 0.6) is 11.6 Å². The van der Waals surface area contributed by atoms with E-state index in [1.165, 1.54) is 18.2 Å². The van der Waals surface area contributed by atoms with Gasteiger partial charge in [0.1, 0.15) is 17.5 Å². The Morgan fingerprint density at radius 3 is 2.39 bits per heavy atom. The van der Waals surface area contributed by atoms with E-state index in [1.807, 2.05) is 20.8 Å². The van der Waals surface area contributed by atoms with Gasteiger partial charge >= 0.3 is 5.97 Å². The fourth-order valence-corrected chi connectivity index (χ4v) is 8.39. The number of amides is 2. The number of ether oxygens (including phenoxy) is 3. The fraction of sp³-hybridized carbons (Fsp3) is 0.595. The van der Waals surface area contributed by atoms with E-state index in [-0.39, 0.29) is 38.1 Å². The number of hydrogen-bond acceptors (Lipinski definition) is 10. The zero-order valence-corrected chi connectivity index (χ0v) is 31.9. The molecule has 2 aliphatic carbocycles. The summed E-state index contributed by atoms with van der Waals surface area (Å²) in [4.78, 5) is 61.4. The van der Waals surface area contributed by atoms with Crippen LogP contribution in [0.1, 0.15) is 80.1 Å². The lowest BCUT2D eigenvalue weighted by Crippen LogP contribution is -2.49. The smallest absolute Gasteiger partial charge is 0.307 e. The van der Waals surface area contributed by atoms with E-state index in [1.54, 1.807) is 45.0 Å². The van der Waals surface area contributed by atoms with Crippen LogP contribution in [0.2, 0.25) is 5.02 Å². The third kappa shape index (κ3) is 8.51. The number of halogens is 1. The van der Waals surface area contributed by atoms with Gasteiger partial charge in [-0.1, -0.05) is 38.4 Å². The van der Waals surface area contributed by atoms with Crippen LogP contribution in [-0.4, -0.2) is 78.5 Å². The Balaban J connectivity index is 1.46. The number of pyridine rings is 1. The zero-order valence-electron chi connectivity index (χ0n) is 30.3. The molecule has 1 aromatic carbocycles. The summed E-state index contributed by atoms with van der Waals surface area (Å²) >= 11 is 6.33. The molecule has 14 heteroatoms. The number of esters is 1. The van der Waals surface area contributed by atoms with Crippen LogP contribution in [0.25, 0.3) is 10.8 Å². The molecule has 2 amide bonds. The second kappa shape index (κ2) is 14.0. The Labute approximate surface area is 304 Å². The Morgan fingerprint density at radius 1 is 1.14 bits per heavy atom. The van der Waals surface area contributed by atoms with Gasteiger partial charge in [-0.2, -0.15) is 0 Å². The molecule has 2 heterocycles. The predicted octanol–water partition coefficient (Wildman–Crippen LogP) is 5.40. The Kier molecular flexibility index (Phi) is 10.6. The average Bonchev–Trinajstić information content (AvgIpc) is 3.95.